The largest absolute Gasteiger partial charge is 0.368 e. The van der Waals surface area contributed by atoms with Crippen molar-refractivity contribution in [2.24, 2.45) is 5.73 Å². The van der Waals surface area contributed by atoms with Crippen molar-refractivity contribution < 1.29 is 4.79 Å². The van der Waals surface area contributed by atoms with Crippen molar-refractivity contribution in [3.05, 3.63) is 0 Å². The van der Waals surface area contributed by atoms with E-state index in [4.69, 9.17) is 5.73 Å². The van der Waals surface area contributed by atoms with Crippen LogP contribution in [0.1, 0.15) is 0 Å². The van der Waals surface area contributed by atoms with Crippen LogP contribution >= 0.6 is 24.8 Å². The van der Waals surface area contributed by atoms with Gasteiger partial charge in [-0.15, -0.1) is 24.8 Å². The number of hydrogen-bond acceptors (Lipinski definition) is 3. The van der Waals surface area contributed by atoms with E-state index < -0.39 is 0 Å². The lowest BCUT2D eigenvalue weighted by Crippen LogP contribution is -2.54. The molecule has 4 N–H and O–H groups in total. The van der Waals surface area contributed by atoms with Gasteiger partial charge in [0.1, 0.15) is 0 Å². The van der Waals surface area contributed by atoms with Gasteiger partial charge in [0.15, 0.2) is 0 Å². The third-order valence-electron chi connectivity index (χ3n) is 1.38. The second kappa shape index (κ2) is 6.67. The summed E-state index contributed by atoms with van der Waals surface area (Å²) in [5.74, 6) is -0.276. The molecule has 0 aromatic carbocycles. The molecule has 0 saturated carbocycles. The Kier molecular flexibility index (Phi) is 8.21. The molecular weight excluding hydrogens is 189 g/mol. The first-order valence-electron chi connectivity index (χ1n) is 3.04. The monoisotopic (exact) mass is 201 g/mol. The highest BCUT2D eigenvalue weighted by atomic mass is 35.5. The molecular formula is C5H13Cl2N3O. The molecule has 1 rings (SSSR count). The Morgan fingerprint density at radius 3 is 2.27 bits per heavy atom. The average Bonchev–Trinajstić information content (AvgIpc) is 1.90. The first-order valence-corrected chi connectivity index (χ1v) is 3.04. The molecule has 1 heterocycles. The summed E-state index contributed by atoms with van der Waals surface area (Å²) in [6, 6.07) is -0.168. The van der Waals surface area contributed by atoms with Crippen LogP contribution < -0.4 is 16.4 Å². The maximum Gasteiger partial charge on any atom is 0.235 e. The molecule has 6 heteroatoms. The van der Waals surface area contributed by atoms with Gasteiger partial charge in [-0.3, -0.25) is 4.79 Å². The van der Waals surface area contributed by atoms with E-state index in [2.05, 4.69) is 10.6 Å². The number of hydrogen-bond donors (Lipinski definition) is 3. The van der Waals surface area contributed by atoms with Crippen LogP contribution in [-0.4, -0.2) is 31.6 Å². The summed E-state index contributed by atoms with van der Waals surface area (Å²) in [5, 5.41) is 6.03. The standard InChI is InChI=1S/C5H11N3O.2ClH/c6-5(9)4-3-7-1-2-8-4;;/h4,7-8H,1-3H2,(H2,6,9);2*1H/t4-;;/m0../s1. The van der Waals surface area contributed by atoms with E-state index in [1.165, 1.54) is 0 Å². The van der Waals surface area contributed by atoms with Gasteiger partial charge in [-0.25, -0.2) is 0 Å². The van der Waals surface area contributed by atoms with E-state index >= 15 is 0 Å². The van der Waals surface area contributed by atoms with Crippen LogP contribution in [0.5, 0.6) is 0 Å². The lowest BCUT2D eigenvalue weighted by atomic mass is 10.2. The summed E-state index contributed by atoms with van der Waals surface area (Å²) < 4.78 is 0. The van der Waals surface area contributed by atoms with Gasteiger partial charge in [0.2, 0.25) is 5.91 Å². The highest BCUT2D eigenvalue weighted by Crippen LogP contribution is 1.83. The SMILES string of the molecule is Cl.Cl.NC(=O)[C@@H]1CNCCN1. The van der Waals surface area contributed by atoms with E-state index in [9.17, 15) is 4.79 Å². The lowest BCUT2D eigenvalue weighted by Gasteiger charge is -2.21. The molecule has 68 valence electrons. The Morgan fingerprint density at radius 2 is 2.00 bits per heavy atom. The zero-order valence-corrected chi connectivity index (χ0v) is 7.63. The first-order chi connectivity index (χ1) is 4.30. The number of carbonyl (C=O) groups is 1. The summed E-state index contributed by atoms with van der Waals surface area (Å²) in [7, 11) is 0. The molecule has 11 heavy (non-hydrogen) atoms. The quantitative estimate of drug-likeness (QED) is 0.504. The smallest absolute Gasteiger partial charge is 0.235 e. The minimum atomic E-state index is -0.276. The van der Waals surface area contributed by atoms with Gasteiger partial charge in [0, 0.05) is 19.6 Å². The Hall–Kier alpha value is -0.0300. The van der Waals surface area contributed by atoms with E-state index in [-0.39, 0.29) is 36.8 Å². The van der Waals surface area contributed by atoms with Crippen LogP contribution in [-0.2, 0) is 4.79 Å². The number of carbonyl (C=O) groups excluding carboxylic acids is 1. The number of piperazine rings is 1. The third-order valence-corrected chi connectivity index (χ3v) is 1.38. The predicted octanol–water partition coefficient (Wildman–Crippen LogP) is -1.12. The molecule has 0 spiro atoms. The van der Waals surface area contributed by atoms with Crippen LogP contribution in [0.3, 0.4) is 0 Å². The first kappa shape index (κ1) is 13.6. The van der Waals surface area contributed by atoms with Crippen molar-refractivity contribution in [3.8, 4) is 0 Å². The van der Waals surface area contributed by atoms with E-state index in [0.717, 1.165) is 13.1 Å². The molecule has 1 amide bonds. The maximum absolute atomic E-state index is 10.5. The maximum atomic E-state index is 10.5. The molecule has 1 fully saturated rings. The molecule has 1 atom stereocenters. The number of nitrogens with one attached hydrogen (secondary N) is 2. The fourth-order valence-electron chi connectivity index (χ4n) is 0.855. The second-order valence-electron chi connectivity index (χ2n) is 2.11. The predicted molar refractivity (Wildman–Crippen MR) is 48.4 cm³/mol. The van der Waals surface area contributed by atoms with Crippen molar-refractivity contribution in [1.82, 2.24) is 10.6 Å². The zero-order chi connectivity index (χ0) is 6.69. The van der Waals surface area contributed by atoms with Gasteiger partial charge >= 0.3 is 0 Å². The number of rotatable bonds is 1. The van der Waals surface area contributed by atoms with Gasteiger partial charge in [0.05, 0.1) is 6.04 Å². The number of amides is 1. The lowest BCUT2D eigenvalue weighted by molar-refractivity contribution is -0.120. The van der Waals surface area contributed by atoms with Gasteiger partial charge in [0.25, 0.3) is 0 Å². The Bertz CT molecular complexity index is 116. The van der Waals surface area contributed by atoms with E-state index in [1.54, 1.807) is 0 Å². The minimum Gasteiger partial charge on any atom is -0.368 e. The molecule has 1 aliphatic heterocycles. The molecule has 0 aromatic heterocycles. The molecule has 0 unspecified atom stereocenters. The van der Waals surface area contributed by atoms with Crippen LogP contribution in [0, 0.1) is 0 Å². The molecule has 1 aliphatic rings. The van der Waals surface area contributed by atoms with Crippen LogP contribution in [0.15, 0.2) is 0 Å². The van der Waals surface area contributed by atoms with Gasteiger partial charge in [-0.1, -0.05) is 0 Å². The van der Waals surface area contributed by atoms with E-state index in [1.807, 2.05) is 0 Å². The van der Waals surface area contributed by atoms with Crippen molar-refractivity contribution in [3.63, 3.8) is 0 Å². The summed E-state index contributed by atoms with van der Waals surface area (Å²) >= 11 is 0. The van der Waals surface area contributed by atoms with Crippen LogP contribution in [0.4, 0.5) is 0 Å². The Morgan fingerprint density at radius 1 is 1.36 bits per heavy atom. The molecule has 1 saturated heterocycles. The minimum absolute atomic E-state index is 0. The van der Waals surface area contributed by atoms with Gasteiger partial charge < -0.3 is 16.4 Å². The normalized spacial score (nSPS) is 22.7. The van der Waals surface area contributed by atoms with Gasteiger partial charge in [-0.05, 0) is 0 Å². The fourth-order valence-corrected chi connectivity index (χ4v) is 0.855. The molecule has 0 bridgehead atoms. The summed E-state index contributed by atoms with van der Waals surface area (Å²) in [4.78, 5) is 10.5. The highest BCUT2D eigenvalue weighted by Gasteiger charge is 2.16. The van der Waals surface area contributed by atoms with Crippen molar-refractivity contribution in [2.75, 3.05) is 19.6 Å². The van der Waals surface area contributed by atoms with E-state index in [0.29, 0.717) is 6.54 Å². The number of primary amides is 1. The zero-order valence-electron chi connectivity index (χ0n) is 6.00. The highest BCUT2D eigenvalue weighted by molar-refractivity contribution is 5.85. The molecule has 0 aromatic rings. The summed E-state index contributed by atoms with van der Waals surface area (Å²) in [6.07, 6.45) is 0. The van der Waals surface area contributed by atoms with Crippen molar-refractivity contribution in [2.45, 2.75) is 6.04 Å². The second-order valence-corrected chi connectivity index (χ2v) is 2.11. The topological polar surface area (TPSA) is 67.2 Å². The van der Waals surface area contributed by atoms with Crippen LogP contribution in [0.25, 0.3) is 0 Å². The average molecular weight is 202 g/mol. The van der Waals surface area contributed by atoms with Crippen molar-refractivity contribution in [1.29, 1.82) is 0 Å². The molecule has 0 radical (unpaired) electrons. The number of halogens is 2. The molecule has 4 nitrogen and oxygen atoms in total. The van der Waals surface area contributed by atoms with Gasteiger partial charge in [-0.2, -0.15) is 0 Å². The Balaban J connectivity index is 0. The van der Waals surface area contributed by atoms with Crippen molar-refractivity contribution >= 4 is 30.7 Å². The summed E-state index contributed by atoms with van der Waals surface area (Å²) in [6.45, 7) is 2.41. The van der Waals surface area contributed by atoms with Crippen LogP contribution in [0.2, 0.25) is 0 Å². The Labute approximate surface area is 78.1 Å². The third kappa shape index (κ3) is 4.42. The fraction of sp³-hybridized carbons (Fsp3) is 0.800. The molecule has 0 aliphatic carbocycles. The summed E-state index contributed by atoms with van der Waals surface area (Å²) in [5.41, 5.74) is 5.03. The number of nitrogens with two attached hydrogens (primary N) is 1.